The van der Waals surface area contributed by atoms with Gasteiger partial charge in [0.25, 0.3) is 0 Å². The van der Waals surface area contributed by atoms with Gasteiger partial charge in [-0.15, -0.1) is 5.10 Å². The van der Waals surface area contributed by atoms with Crippen LogP contribution in [0.25, 0.3) is 0 Å². The number of nitrogens with zero attached hydrogens (tertiary/aromatic N) is 2. The van der Waals surface area contributed by atoms with E-state index in [1.54, 1.807) is 6.20 Å². The molecule has 15 heavy (non-hydrogen) atoms. The Morgan fingerprint density at radius 3 is 2.93 bits per heavy atom. The Bertz CT molecular complexity index is 299. The standard InChI is InChI=1S/C10H15N3O2/c14-10(3-6-15-7-4-10)8-11-9-2-1-5-12-13-9/h1-2,5,14H,3-4,6-8H2,(H,11,13). The molecule has 2 heterocycles. The normalized spacial score (nSPS) is 19.8. The van der Waals surface area contributed by atoms with Gasteiger partial charge < -0.3 is 15.2 Å². The van der Waals surface area contributed by atoms with Crippen LogP contribution < -0.4 is 5.32 Å². The van der Waals surface area contributed by atoms with E-state index in [0.29, 0.717) is 38.4 Å². The lowest BCUT2D eigenvalue weighted by Gasteiger charge is -2.32. The predicted octanol–water partition coefficient (Wildman–Crippen LogP) is 0.430. The zero-order valence-electron chi connectivity index (χ0n) is 8.52. The van der Waals surface area contributed by atoms with Crippen molar-refractivity contribution < 1.29 is 9.84 Å². The Morgan fingerprint density at radius 2 is 2.27 bits per heavy atom. The summed E-state index contributed by atoms with van der Waals surface area (Å²) < 4.78 is 5.20. The second-order valence-electron chi connectivity index (χ2n) is 3.80. The van der Waals surface area contributed by atoms with Crippen LogP contribution in [0.1, 0.15) is 12.8 Å². The average molecular weight is 209 g/mol. The highest BCUT2D eigenvalue weighted by Gasteiger charge is 2.29. The molecular weight excluding hydrogens is 194 g/mol. The van der Waals surface area contributed by atoms with Crippen LogP contribution in [0, 0.1) is 0 Å². The van der Waals surface area contributed by atoms with Crippen LogP contribution in [-0.4, -0.2) is 40.7 Å². The summed E-state index contributed by atoms with van der Waals surface area (Å²) in [6.07, 6.45) is 2.95. The van der Waals surface area contributed by atoms with Gasteiger partial charge in [0.1, 0.15) is 5.82 Å². The van der Waals surface area contributed by atoms with Crippen LogP contribution in [0.4, 0.5) is 5.82 Å². The maximum atomic E-state index is 10.1. The molecule has 2 rings (SSSR count). The van der Waals surface area contributed by atoms with E-state index < -0.39 is 5.60 Å². The van der Waals surface area contributed by atoms with E-state index in [9.17, 15) is 5.11 Å². The van der Waals surface area contributed by atoms with Gasteiger partial charge in [-0.05, 0) is 12.1 Å². The van der Waals surface area contributed by atoms with Gasteiger partial charge >= 0.3 is 0 Å². The van der Waals surface area contributed by atoms with Gasteiger partial charge in [0, 0.05) is 38.8 Å². The fourth-order valence-corrected chi connectivity index (χ4v) is 1.58. The number of hydrogen-bond donors (Lipinski definition) is 2. The van der Waals surface area contributed by atoms with E-state index in [2.05, 4.69) is 15.5 Å². The molecule has 0 saturated carbocycles. The third kappa shape index (κ3) is 2.87. The fourth-order valence-electron chi connectivity index (χ4n) is 1.58. The van der Waals surface area contributed by atoms with Gasteiger partial charge in [0.2, 0.25) is 0 Å². The van der Waals surface area contributed by atoms with Crippen molar-refractivity contribution in [3.05, 3.63) is 18.3 Å². The van der Waals surface area contributed by atoms with Gasteiger partial charge in [-0.3, -0.25) is 0 Å². The van der Waals surface area contributed by atoms with E-state index in [1.165, 1.54) is 0 Å². The van der Waals surface area contributed by atoms with Crippen LogP contribution >= 0.6 is 0 Å². The number of anilines is 1. The quantitative estimate of drug-likeness (QED) is 0.755. The Kier molecular flexibility index (Phi) is 3.13. The van der Waals surface area contributed by atoms with Crippen molar-refractivity contribution in [3.8, 4) is 0 Å². The van der Waals surface area contributed by atoms with E-state index in [-0.39, 0.29) is 0 Å². The molecule has 0 unspecified atom stereocenters. The summed E-state index contributed by atoms with van der Waals surface area (Å²) in [4.78, 5) is 0. The molecule has 0 aromatic carbocycles. The molecule has 0 radical (unpaired) electrons. The lowest BCUT2D eigenvalue weighted by Crippen LogP contribution is -2.42. The van der Waals surface area contributed by atoms with Crippen molar-refractivity contribution in [2.45, 2.75) is 18.4 Å². The molecule has 2 N–H and O–H groups in total. The second-order valence-corrected chi connectivity index (χ2v) is 3.80. The van der Waals surface area contributed by atoms with Gasteiger partial charge in [-0.2, -0.15) is 5.10 Å². The summed E-state index contributed by atoms with van der Waals surface area (Å²) in [6.45, 7) is 1.74. The molecule has 0 aliphatic carbocycles. The third-order valence-electron chi connectivity index (χ3n) is 2.59. The van der Waals surface area contributed by atoms with Crippen molar-refractivity contribution in [2.24, 2.45) is 0 Å². The van der Waals surface area contributed by atoms with Crippen molar-refractivity contribution in [3.63, 3.8) is 0 Å². The van der Waals surface area contributed by atoms with E-state index >= 15 is 0 Å². The molecule has 1 aliphatic heterocycles. The highest BCUT2D eigenvalue weighted by Crippen LogP contribution is 2.20. The number of aromatic nitrogens is 2. The van der Waals surface area contributed by atoms with Gasteiger partial charge in [0.15, 0.2) is 0 Å². The molecule has 1 fully saturated rings. The predicted molar refractivity (Wildman–Crippen MR) is 55.5 cm³/mol. The summed E-state index contributed by atoms with van der Waals surface area (Å²) >= 11 is 0. The van der Waals surface area contributed by atoms with Crippen LogP contribution in [0.3, 0.4) is 0 Å². The summed E-state index contributed by atoms with van der Waals surface area (Å²) in [5.41, 5.74) is -0.671. The Labute approximate surface area is 88.5 Å². The van der Waals surface area contributed by atoms with E-state index in [1.807, 2.05) is 12.1 Å². The maximum absolute atomic E-state index is 10.1. The largest absolute Gasteiger partial charge is 0.388 e. The highest BCUT2D eigenvalue weighted by atomic mass is 16.5. The summed E-state index contributed by atoms with van der Waals surface area (Å²) in [5.74, 6) is 0.692. The molecule has 5 nitrogen and oxygen atoms in total. The second kappa shape index (κ2) is 4.55. The van der Waals surface area contributed by atoms with Crippen molar-refractivity contribution in [1.29, 1.82) is 0 Å². The summed E-state index contributed by atoms with van der Waals surface area (Å²) in [5, 5.41) is 20.9. The topological polar surface area (TPSA) is 67.3 Å². The van der Waals surface area contributed by atoms with Crippen LogP contribution in [0.2, 0.25) is 0 Å². The molecule has 1 aromatic heterocycles. The van der Waals surface area contributed by atoms with Gasteiger partial charge in [-0.25, -0.2) is 0 Å². The SMILES string of the molecule is OC1(CNc2cccnn2)CCOCC1. The Morgan fingerprint density at radius 1 is 1.47 bits per heavy atom. The van der Waals surface area contributed by atoms with Crippen LogP contribution in [0.5, 0.6) is 0 Å². The van der Waals surface area contributed by atoms with Crippen molar-refractivity contribution >= 4 is 5.82 Å². The minimum absolute atomic E-state index is 0.495. The minimum Gasteiger partial charge on any atom is -0.388 e. The first-order valence-electron chi connectivity index (χ1n) is 5.10. The Hall–Kier alpha value is -1.20. The van der Waals surface area contributed by atoms with Crippen LogP contribution in [0.15, 0.2) is 18.3 Å². The molecule has 82 valence electrons. The molecule has 0 amide bonds. The van der Waals surface area contributed by atoms with Crippen molar-refractivity contribution in [1.82, 2.24) is 10.2 Å². The van der Waals surface area contributed by atoms with Gasteiger partial charge in [-0.1, -0.05) is 0 Å². The molecule has 1 aromatic rings. The minimum atomic E-state index is -0.671. The number of hydrogen-bond acceptors (Lipinski definition) is 5. The first kappa shape index (κ1) is 10.3. The maximum Gasteiger partial charge on any atom is 0.148 e. The van der Waals surface area contributed by atoms with Crippen molar-refractivity contribution in [2.75, 3.05) is 25.1 Å². The lowest BCUT2D eigenvalue weighted by molar-refractivity contribution is -0.0543. The molecule has 0 spiro atoms. The van der Waals surface area contributed by atoms with Crippen LogP contribution in [-0.2, 0) is 4.74 Å². The molecule has 0 bridgehead atoms. The smallest absolute Gasteiger partial charge is 0.148 e. The first-order valence-corrected chi connectivity index (χ1v) is 5.10. The lowest BCUT2D eigenvalue weighted by atomic mass is 9.94. The summed E-state index contributed by atoms with van der Waals surface area (Å²) in [7, 11) is 0. The van der Waals surface area contributed by atoms with Gasteiger partial charge in [0.05, 0.1) is 5.60 Å². The third-order valence-corrected chi connectivity index (χ3v) is 2.59. The van der Waals surface area contributed by atoms with E-state index in [4.69, 9.17) is 4.74 Å². The monoisotopic (exact) mass is 209 g/mol. The molecular formula is C10H15N3O2. The summed E-state index contributed by atoms with van der Waals surface area (Å²) in [6, 6.07) is 3.64. The number of nitrogens with one attached hydrogen (secondary N) is 1. The molecule has 1 aliphatic rings. The number of aliphatic hydroxyl groups is 1. The first-order chi connectivity index (χ1) is 7.29. The average Bonchev–Trinajstić information content (AvgIpc) is 2.29. The van der Waals surface area contributed by atoms with E-state index in [0.717, 1.165) is 0 Å². The fraction of sp³-hybridized carbons (Fsp3) is 0.600. The molecule has 5 heteroatoms. The number of rotatable bonds is 3. The molecule has 0 atom stereocenters. The number of ether oxygens (including phenoxy) is 1. The zero-order valence-corrected chi connectivity index (χ0v) is 8.52. The Balaban J connectivity index is 1.87. The molecule has 1 saturated heterocycles. The zero-order chi connectivity index (χ0) is 10.6. The highest BCUT2D eigenvalue weighted by molar-refractivity contribution is 5.32.